The third kappa shape index (κ3) is 2.91. The molecule has 0 bridgehead atoms. The first-order valence-corrected chi connectivity index (χ1v) is 10.2. The minimum atomic E-state index is -0.340. The summed E-state index contributed by atoms with van der Waals surface area (Å²) in [5.41, 5.74) is 0.0935. The number of Topliss-reactive ketones (excluding diaryl/α,β-unsaturated/α-hetero) is 2. The summed E-state index contributed by atoms with van der Waals surface area (Å²) in [6.07, 6.45) is 6.70. The number of ketones is 2. The van der Waals surface area contributed by atoms with E-state index in [0.29, 0.717) is 36.9 Å². The molecule has 6 unspecified atom stereocenters. The van der Waals surface area contributed by atoms with Crippen molar-refractivity contribution in [2.75, 3.05) is 0 Å². The lowest BCUT2D eigenvalue weighted by Gasteiger charge is -2.66. The highest BCUT2D eigenvalue weighted by atomic mass is 16.3. The van der Waals surface area contributed by atoms with Crippen molar-refractivity contribution in [1.82, 2.24) is 0 Å². The Morgan fingerprint density at radius 3 is 2.48 bits per heavy atom. The molecule has 0 saturated heterocycles. The number of hydrogen-bond donors (Lipinski definition) is 1. The average molecular weight is 349 g/mol. The van der Waals surface area contributed by atoms with Gasteiger partial charge < -0.3 is 9.90 Å². The molecule has 1 N–H and O–H groups in total. The molecule has 3 nitrogen and oxygen atoms in total. The first-order chi connectivity index (χ1) is 11.5. The average Bonchev–Trinajstić information content (AvgIpc) is 2.43. The fraction of sp³-hybridized carbons (Fsp3) is 0.909. The Balaban J connectivity index is 1.99. The molecule has 3 rings (SSSR count). The van der Waals surface area contributed by atoms with Gasteiger partial charge >= 0.3 is 0 Å². The Labute approximate surface area is 153 Å². The van der Waals surface area contributed by atoms with Crippen LogP contribution in [0.3, 0.4) is 0 Å². The van der Waals surface area contributed by atoms with Crippen LogP contribution in [-0.4, -0.2) is 22.8 Å². The van der Waals surface area contributed by atoms with Crippen molar-refractivity contribution in [3.63, 3.8) is 0 Å². The quantitative estimate of drug-likeness (QED) is 0.814. The van der Waals surface area contributed by atoms with E-state index in [2.05, 4.69) is 27.7 Å². The molecule has 0 heterocycles. The van der Waals surface area contributed by atoms with Crippen molar-refractivity contribution >= 4 is 11.6 Å². The lowest BCUT2D eigenvalue weighted by molar-refractivity contribution is -0.209. The maximum Gasteiger partial charge on any atom is 0.136 e. The van der Waals surface area contributed by atoms with Gasteiger partial charge in [-0.3, -0.25) is 4.79 Å². The second-order valence-corrected chi connectivity index (χ2v) is 10.5. The highest BCUT2D eigenvalue weighted by Crippen LogP contribution is 2.68. The highest BCUT2D eigenvalue weighted by Gasteiger charge is 2.64. The zero-order valence-electron chi connectivity index (χ0n) is 16.7. The number of carbonyl (C=O) groups excluding carboxylic acids is 2. The molecule has 3 saturated carbocycles. The third-order valence-corrected chi connectivity index (χ3v) is 8.36. The zero-order valence-corrected chi connectivity index (χ0v) is 16.7. The second-order valence-electron chi connectivity index (χ2n) is 10.5. The number of aliphatic hydroxyl groups is 1. The van der Waals surface area contributed by atoms with E-state index in [1.165, 1.54) is 12.8 Å². The van der Waals surface area contributed by atoms with E-state index in [1.807, 2.05) is 0 Å². The van der Waals surface area contributed by atoms with Crippen molar-refractivity contribution in [2.45, 2.75) is 92.1 Å². The van der Waals surface area contributed by atoms with E-state index in [4.69, 9.17) is 0 Å². The maximum absolute atomic E-state index is 12.8. The molecule has 3 heteroatoms. The van der Waals surface area contributed by atoms with Crippen LogP contribution >= 0.6 is 0 Å². The molecule has 3 aliphatic carbocycles. The highest BCUT2D eigenvalue weighted by molar-refractivity contribution is 5.84. The van der Waals surface area contributed by atoms with Gasteiger partial charge in [-0.05, 0) is 67.1 Å². The summed E-state index contributed by atoms with van der Waals surface area (Å²) in [6, 6.07) is 0. The van der Waals surface area contributed by atoms with E-state index >= 15 is 0 Å². The summed E-state index contributed by atoms with van der Waals surface area (Å²) in [5.74, 6) is 1.21. The Kier molecular flexibility index (Phi) is 4.71. The van der Waals surface area contributed by atoms with Gasteiger partial charge in [0.15, 0.2) is 0 Å². The lowest BCUT2D eigenvalue weighted by Crippen LogP contribution is -2.63. The van der Waals surface area contributed by atoms with Crippen molar-refractivity contribution in [1.29, 1.82) is 0 Å². The fourth-order valence-electron chi connectivity index (χ4n) is 7.66. The van der Waals surface area contributed by atoms with Crippen LogP contribution in [0.25, 0.3) is 0 Å². The molecule has 0 spiro atoms. The van der Waals surface area contributed by atoms with E-state index < -0.39 is 0 Å². The number of aliphatic hydroxyl groups excluding tert-OH is 1. The summed E-state index contributed by atoms with van der Waals surface area (Å²) in [4.78, 5) is 24.3. The Hall–Kier alpha value is -0.700. The topological polar surface area (TPSA) is 54.4 Å². The van der Waals surface area contributed by atoms with Crippen LogP contribution in [0.4, 0.5) is 0 Å². The first kappa shape index (κ1) is 19.1. The smallest absolute Gasteiger partial charge is 0.136 e. The predicted octanol–water partition coefficient (Wildman–Crippen LogP) is 4.55. The van der Waals surface area contributed by atoms with Crippen molar-refractivity contribution in [2.24, 2.45) is 34.0 Å². The van der Waals surface area contributed by atoms with Gasteiger partial charge in [0, 0.05) is 18.8 Å². The van der Waals surface area contributed by atoms with E-state index in [9.17, 15) is 14.7 Å². The third-order valence-electron chi connectivity index (χ3n) is 8.36. The second kappa shape index (κ2) is 6.18. The van der Waals surface area contributed by atoms with E-state index in [0.717, 1.165) is 19.3 Å². The van der Waals surface area contributed by atoms with Crippen LogP contribution in [0.15, 0.2) is 0 Å². The van der Waals surface area contributed by atoms with Crippen LogP contribution in [0, 0.1) is 34.0 Å². The van der Waals surface area contributed by atoms with Gasteiger partial charge in [0.1, 0.15) is 11.6 Å². The molecule has 0 aromatic carbocycles. The van der Waals surface area contributed by atoms with Crippen LogP contribution in [-0.2, 0) is 9.59 Å². The monoisotopic (exact) mass is 348 g/mol. The van der Waals surface area contributed by atoms with Gasteiger partial charge in [-0.25, -0.2) is 0 Å². The molecule has 3 fully saturated rings. The number of hydrogen-bond acceptors (Lipinski definition) is 3. The van der Waals surface area contributed by atoms with Gasteiger partial charge in [-0.2, -0.15) is 0 Å². The maximum atomic E-state index is 12.8. The van der Waals surface area contributed by atoms with Crippen LogP contribution < -0.4 is 0 Å². The Morgan fingerprint density at radius 2 is 1.84 bits per heavy atom. The van der Waals surface area contributed by atoms with Crippen LogP contribution in [0.2, 0.25) is 0 Å². The molecule has 6 atom stereocenters. The van der Waals surface area contributed by atoms with Gasteiger partial charge in [-0.1, -0.05) is 34.1 Å². The Bertz CT molecular complexity index is 566. The number of fused-ring (bicyclic) bond motifs is 3. The van der Waals surface area contributed by atoms with Crippen LogP contribution in [0.1, 0.15) is 86.0 Å². The van der Waals surface area contributed by atoms with Crippen molar-refractivity contribution in [3.05, 3.63) is 0 Å². The van der Waals surface area contributed by atoms with Gasteiger partial charge in [0.2, 0.25) is 0 Å². The van der Waals surface area contributed by atoms with Crippen molar-refractivity contribution in [3.8, 4) is 0 Å². The van der Waals surface area contributed by atoms with Crippen molar-refractivity contribution < 1.29 is 14.7 Å². The Morgan fingerprint density at radius 1 is 1.16 bits per heavy atom. The molecule has 0 aliphatic heterocycles. The predicted molar refractivity (Wildman–Crippen MR) is 99.1 cm³/mol. The van der Waals surface area contributed by atoms with Gasteiger partial charge in [0.05, 0.1) is 6.10 Å². The minimum absolute atomic E-state index is 0.0624. The summed E-state index contributed by atoms with van der Waals surface area (Å²) in [7, 11) is 0. The molecule has 25 heavy (non-hydrogen) atoms. The molecule has 0 amide bonds. The molecular weight excluding hydrogens is 312 g/mol. The molecule has 3 aliphatic rings. The number of rotatable bonds is 3. The first-order valence-electron chi connectivity index (χ1n) is 10.2. The summed E-state index contributed by atoms with van der Waals surface area (Å²) < 4.78 is 0. The summed E-state index contributed by atoms with van der Waals surface area (Å²) in [6.45, 7) is 10.9. The largest absolute Gasteiger partial charge is 0.393 e. The van der Waals surface area contributed by atoms with E-state index in [1.54, 1.807) is 6.92 Å². The molecule has 142 valence electrons. The van der Waals surface area contributed by atoms with Crippen LogP contribution in [0.5, 0.6) is 0 Å². The van der Waals surface area contributed by atoms with Gasteiger partial charge in [-0.15, -0.1) is 0 Å². The minimum Gasteiger partial charge on any atom is -0.393 e. The lowest BCUT2D eigenvalue weighted by atomic mass is 9.38. The zero-order chi connectivity index (χ0) is 18.6. The standard InChI is InChI=1S/C22H36O3/c1-14(23)7-8-15-16(24)9-10-18-21(4)12-6-11-20(2,3)19(21)17(25)13-22(15,18)5/h15,17-19,25H,6-13H2,1-5H3. The fourth-order valence-corrected chi connectivity index (χ4v) is 7.66. The normalized spacial score (nSPS) is 46.2. The van der Waals surface area contributed by atoms with E-state index in [-0.39, 0.29) is 34.1 Å². The molecule has 0 radical (unpaired) electrons. The summed E-state index contributed by atoms with van der Waals surface area (Å²) >= 11 is 0. The molecule has 0 aromatic rings. The number of carbonyl (C=O) groups is 2. The molecule has 0 aromatic heterocycles. The molecular formula is C22H36O3. The van der Waals surface area contributed by atoms with Gasteiger partial charge in [0.25, 0.3) is 0 Å². The SMILES string of the molecule is CC(=O)CCC1C(=O)CCC2C1(C)CC(O)C1C(C)(C)CCCC12C. The summed E-state index contributed by atoms with van der Waals surface area (Å²) in [5, 5.41) is 11.2.